The van der Waals surface area contributed by atoms with E-state index < -0.39 is 209 Å². The Balaban J connectivity index is 0.726. The van der Waals surface area contributed by atoms with E-state index in [1.54, 1.807) is 124 Å². The number of halogens is 1. The summed E-state index contributed by atoms with van der Waals surface area (Å²) in [7, 11) is 7.94. The van der Waals surface area contributed by atoms with Crippen molar-refractivity contribution in [2.45, 2.75) is 251 Å². The number of H-pyrrole nitrogens is 1. The summed E-state index contributed by atoms with van der Waals surface area (Å²) in [6.45, 7) is 9.31. The molecule has 41 heteroatoms. The minimum Gasteiger partial charge on any atom is -0.495 e. The number of methoxy groups -OCH3 is 2. The number of unbranched alkanes of at least 4 members (excludes halogenated alkanes) is 1. The Morgan fingerprint density at radius 3 is 2.12 bits per heavy atom. The number of ether oxygens (including phenoxy) is 6. The van der Waals surface area contributed by atoms with Gasteiger partial charge in [0.15, 0.2) is 5.72 Å². The van der Waals surface area contributed by atoms with Gasteiger partial charge in [-0.25, -0.2) is 9.59 Å². The summed E-state index contributed by atoms with van der Waals surface area (Å²) in [5.41, 5.74) is 5.82. The van der Waals surface area contributed by atoms with Crippen molar-refractivity contribution in [3.8, 4) is 5.75 Å². The predicted molar refractivity (Wildman–Crippen MR) is 513 cm³/mol. The van der Waals surface area contributed by atoms with Crippen molar-refractivity contribution in [1.82, 2.24) is 62.6 Å². The van der Waals surface area contributed by atoms with Gasteiger partial charge >= 0.3 is 12.1 Å². The van der Waals surface area contributed by atoms with Crippen LogP contribution in [0.3, 0.4) is 0 Å². The van der Waals surface area contributed by atoms with Gasteiger partial charge in [0, 0.05) is 119 Å². The largest absolute Gasteiger partial charge is 0.495 e. The Kier molecular flexibility index (Phi) is 36.6. The minimum atomic E-state index is -1.90. The summed E-state index contributed by atoms with van der Waals surface area (Å²) in [6, 6.07) is 16.5. The number of allylic oxidation sites excluding steroid dienone is 3. The van der Waals surface area contributed by atoms with Crippen LogP contribution in [0.25, 0.3) is 10.9 Å². The Morgan fingerprint density at radius 2 is 1.45 bits per heavy atom. The lowest BCUT2D eigenvalue weighted by atomic mass is 9.81. The first-order valence-electron chi connectivity index (χ1n) is 46.3. The number of amides is 12. The van der Waals surface area contributed by atoms with Crippen LogP contribution in [-0.2, 0) is 107 Å². The number of imide groups is 1. The Labute approximate surface area is 812 Å². The van der Waals surface area contributed by atoms with Crippen molar-refractivity contribution >= 4 is 139 Å². The van der Waals surface area contributed by atoms with E-state index in [0.717, 1.165) is 49.4 Å². The highest BCUT2D eigenvalue weighted by Crippen LogP contribution is 2.52. The quantitative estimate of drug-likeness (QED) is 0.0110. The fraction of sp³-hybridized carbons (Fsp3) is 0.552. The number of alkyl carbamates (subject to hydrolysis) is 1. The normalized spacial score (nSPS) is 29.9. The number of epoxide rings is 1. The molecule has 6 fully saturated rings. The topological polar surface area (TPSA) is 521 Å². The number of carbonyl (C=O) groups excluding carboxylic acids is 13. The molecule has 0 radical (unpaired) electrons. The Bertz CT molecular complexity index is 5230. The third-order valence-electron chi connectivity index (χ3n) is 26.7. The number of hydrogen-bond acceptors (Lipinski definition) is 28. The lowest BCUT2D eigenvalue weighted by Gasteiger charge is -2.43. The number of nitrogens with one attached hydrogen (secondary N) is 10. The van der Waals surface area contributed by atoms with Gasteiger partial charge in [0.25, 0.3) is 0 Å². The number of thioether (sulfide) groups is 1. The van der Waals surface area contributed by atoms with E-state index >= 15 is 19.2 Å². The van der Waals surface area contributed by atoms with Gasteiger partial charge in [-0.05, 0) is 139 Å². The zero-order valence-corrected chi connectivity index (χ0v) is 81.6. The maximum Gasteiger partial charge on any atom is 0.409 e. The van der Waals surface area contributed by atoms with Gasteiger partial charge in [-0.1, -0.05) is 143 Å². The molecule has 6 bridgehead atoms. The molecule has 5 saturated heterocycles. The molecule has 4 aromatic carbocycles. The summed E-state index contributed by atoms with van der Waals surface area (Å²) in [4.78, 5) is 198. The van der Waals surface area contributed by atoms with Gasteiger partial charge in [0.1, 0.15) is 82.7 Å². The molecule has 5 aromatic rings. The molecule has 6 aliphatic heterocycles. The summed E-state index contributed by atoms with van der Waals surface area (Å²) in [5, 5.41) is 68.6. The van der Waals surface area contributed by atoms with Crippen LogP contribution in [0.2, 0.25) is 5.02 Å². The highest BCUT2D eigenvalue weighted by molar-refractivity contribution is 8.76. The number of aromatic nitrogens is 1. The van der Waals surface area contributed by atoms with E-state index in [-0.39, 0.29) is 112 Å². The summed E-state index contributed by atoms with van der Waals surface area (Å²) >= 11 is 8.31. The Morgan fingerprint density at radius 1 is 0.781 bits per heavy atom. The van der Waals surface area contributed by atoms with Gasteiger partial charge in [-0.15, -0.1) is 11.8 Å². The van der Waals surface area contributed by atoms with Crippen LogP contribution in [0.4, 0.5) is 10.5 Å². The number of benzene rings is 4. The summed E-state index contributed by atoms with van der Waals surface area (Å²) in [5.74, 6) is -10.9. The van der Waals surface area contributed by atoms with Gasteiger partial charge in [-0.2, -0.15) is 0 Å². The lowest BCUT2D eigenvalue weighted by molar-refractivity contribution is -0.183. The molecule has 1 aliphatic carbocycles. The molecule has 137 heavy (non-hydrogen) atoms. The highest BCUT2D eigenvalue weighted by Gasteiger charge is 2.67. The first-order chi connectivity index (χ1) is 65.3. The third-order valence-corrected chi connectivity index (χ3v) is 30.7. The zero-order chi connectivity index (χ0) is 98.9. The number of hydrogen-bond donors (Lipinski definition) is 15. The second kappa shape index (κ2) is 47.5. The van der Waals surface area contributed by atoms with E-state index in [2.05, 4.69) is 52.8 Å². The number of nitrogens with zero attached hydrogens (tertiary/aromatic N) is 3. The highest BCUT2D eigenvalue weighted by atomic mass is 35.5. The number of fused-ring (bicyclic) bond motifs is 9. The molecule has 12 rings (SSSR count). The monoisotopic (exact) mass is 1970 g/mol. The fourth-order valence-corrected chi connectivity index (χ4v) is 22.1. The number of rotatable bonds is 28. The summed E-state index contributed by atoms with van der Waals surface area (Å²) in [6.07, 6.45) is -0.800. The molecule has 1 saturated carbocycles. The average molecular weight is 1980 g/mol. The smallest absolute Gasteiger partial charge is 0.409 e. The first-order valence-corrected chi connectivity index (χ1v) is 50.2. The molecule has 7 heterocycles. The van der Waals surface area contributed by atoms with Crippen LogP contribution in [-0.4, -0.2) is 291 Å². The molecule has 744 valence electrons. The molecule has 12 amide bonds. The van der Waals surface area contributed by atoms with E-state index in [9.17, 15) is 63.6 Å². The van der Waals surface area contributed by atoms with Crippen molar-refractivity contribution in [2.24, 2.45) is 23.5 Å². The van der Waals surface area contributed by atoms with E-state index in [1.165, 1.54) is 40.0 Å². The van der Waals surface area contributed by atoms with E-state index in [4.69, 9.17) is 45.8 Å². The number of para-hydroxylation sites is 1. The fourth-order valence-electron chi connectivity index (χ4n) is 18.3. The van der Waals surface area contributed by atoms with Crippen LogP contribution in [0.1, 0.15) is 134 Å². The van der Waals surface area contributed by atoms with Gasteiger partial charge < -0.3 is 112 Å². The van der Waals surface area contributed by atoms with Crippen molar-refractivity contribution in [2.75, 3.05) is 70.2 Å². The SMILES string of the molecule is COc1cc2cc(c1Cl)N(C)C1(C)C[C@H](OC(=O)[C@@H](N(C)C(=O)CCSC3CC(=O)N(CC4CCC(C(=O)N[C@H](Cc5ccccc5)C(=O)N[C@H]5CSSC[C@@H](C(=O)N[C@H](CO)[C@@H](C)O)NC(=O)[C@H]([C@@H](C)O)NC(=O)[C@H](CCCCN)NC(=O)[C@@H](Cc6c[nH]c7ccccc67)NC(=O)[C@H](Cc6ccccc6)NC5=O)CC4)C3=O)O1)[C@]1(C)O[C@H]1[C@H](C)[C@@H]1C[C@@](O)(NC(=O)O1)C(OC)/C=C/C=C(\C)C2. The number of anilines is 1. The number of esters is 1. The van der Waals surface area contributed by atoms with Crippen LogP contribution >= 0.6 is 45.0 Å². The van der Waals surface area contributed by atoms with Crippen LogP contribution < -0.4 is 63.2 Å². The molecular weight excluding hydrogens is 1850 g/mol. The molecule has 0 spiro atoms. The molecule has 37 nitrogen and oxygen atoms in total. The molecule has 20 atom stereocenters. The van der Waals surface area contributed by atoms with Crippen LogP contribution in [0, 0.1) is 17.8 Å². The number of aliphatic hydroxyl groups is 4. The number of aromatic amines is 1. The Hall–Kier alpha value is -10.4. The van der Waals surface area contributed by atoms with Crippen LogP contribution in [0.15, 0.2) is 127 Å². The number of likely N-dealkylation sites (N-methyl/N-ethyl adjacent to an activating group) is 1. The predicted octanol–water partition coefficient (Wildman–Crippen LogP) is 4.09. The standard InChI is InChI=1S/C96H127ClN14O23S3/c1-52-22-21-30-75(130-10)96(128)45-73(131-93(127)108-96)53(2)81-95(6,133-81)76-46-94(5,110(8)71-41-59(38-52)42-72(129-9)79(71)97)134-91(92(126)132-76)109(7)77(115)35-37-135-74-44-78(116)111(90(74)125)48-58-31-33-60(34-32-58)82(117)101-65(39-56-23-13-11-14-24-56)85(120)105-69-50-136-137-51-70(88(123)104-68(49-112)54(3)113)106-89(124)80(55(4)114)107-83(118)64(29-19-20-36-98)100-86(121)67(43-61-47-99-63-28-18-17-27-62(61)63)103-84(119)66(102-87(69)122)40-57-25-15-12-16-26-57/h11-18,21-28,30,41-42,47,53-55,58,60,64-70,73-76,80-81,91,99,112-114,128H,19-20,29,31-40,43-46,48-51,98H2,1-10H3,(H,100,121)(H,101,117)(H,102,122)(H,103,119)(H,104,123)(H,105,120)(H,106,124)(H,107,118)(H,108,127)/b30-21+,52-22+/t53-,54-,55-,58?,60?,64+,65-,66+,67-,68-,69+,70+,73+,74?,75?,76+,80+,81+,91+,94?,95+,96+/m1/s1. The first kappa shape index (κ1) is 106. The van der Waals surface area contributed by atoms with Gasteiger partial charge in [-0.3, -0.25) is 63.0 Å². The van der Waals surface area contributed by atoms with Crippen molar-refractivity contribution in [3.05, 3.63) is 154 Å². The molecule has 7 aliphatic rings. The molecular formula is C96H127ClN14O23S3. The van der Waals surface area contributed by atoms with E-state index in [0.29, 0.717) is 64.7 Å². The van der Waals surface area contributed by atoms with Crippen molar-refractivity contribution in [1.29, 1.82) is 0 Å². The van der Waals surface area contributed by atoms with Crippen molar-refractivity contribution in [3.63, 3.8) is 0 Å². The minimum absolute atomic E-state index is 0.0352. The number of aliphatic hydroxyl groups excluding tert-OH is 3. The van der Waals surface area contributed by atoms with Crippen molar-refractivity contribution < 1.29 is 111 Å². The second-order valence-corrected chi connectivity index (χ2v) is 41.0. The zero-order valence-electron chi connectivity index (χ0n) is 78.4. The molecule has 16 N–H and O–H groups in total. The lowest BCUT2D eigenvalue weighted by Crippen LogP contribution is -2.63. The average Bonchev–Trinajstić information content (AvgIpc) is 1.56. The third kappa shape index (κ3) is 26.6. The van der Waals surface area contributed by atoms with Crippen LogP contribution in [0.5, 0.6) is 5.75 Å². The summed E-state index contributed by atoms with van der Waals surface area (Å²) < 4.78 is 37.1. The maximum absolute atomic E-state index is 15.5. The molecule has 3 unspecified atom stereocenters. The number of carbonyl (C=O) groups is 13. The second-order valence-electron chi connectivity index (χ2n) is 36.8. The van der Waals surface area contributed by atoms with E-state index in [1.807, 2.05) is 37.3 Å². The number of likely N-dealkylation sites (tertiary alicyclic amines) is 1. The number of nitrogens with two attached hydrogens (primary N) is 1. The van der Waals surface area contributed by atoms with Gasteiger partial charge in [0.05, 0.1) is 49.0 Å². The molecule has 1 aromatic heterocycles. The van der Waals surface area contributed by atoms with Gasteiger partial charge in [0.2, 0.25) is 71.2 Å². The maximum atomic E-state index is 15.5.